The Hall–Kier alpha value is -1.96. The van der Waals surface area contributed by atoms with Gasteiger partial charge in [0.05, 0.1) is 28.1 Å². The van der Waals surface area contributed by atoms with Crippen molar-refractivity contribution in [2.24, 2.45) is 0 Å². The summed E-state index contributed by atoms with van der Waals surface area (Å²) in [7, 11) is -3.70. The van der Waals surface area contributed by atoms with E-state index < -0.39 is 15.7 Å². The third-order valence-electron chi connectivity index (χ3n) is 7.28. The molecule has 3 atom stereocenters. The first-order chi connectivity index (χ1) is 16.0. The van der Waals surface area contributed by atoms with Gasteiger partial charge in [0.15, 0.2) is 6.17 Å². The van der Waals surface area contributed by atoms with Gasteiger partial charge in [-0.15, -0.1) is 0 Å². The van der Waals surface area contributed by atoms with Crippen LogP contribution < -0.4 is 15.1 Å². The summed E-state index contributed by atoms with van der Waals surface area (Å²) >= 11 is 0. The molecule has 3 aliphatic heterocycles. The lowest BCUT2D eigenvalue weighted by molar-refractivity contribution is -0.975. The molecule has 5 nitrogen and oxygen atoms in total. The van der Waals surface area contributed by atoms with Gasteiger partial charge >= 0.3 is 0 Å². The van der Waals surface area contributed by atoms with Crippen molar-refractivity contribution >= 4 is 15.5 Å². The van der Waals surface area contributed by atoms with Crippen LogP contribution in [0.4, 0.5) is 10.1 Å². The number of benzene rings is 2. The minimum absolute atomic E-state index is 0.128. The van der Waals surface area contributed by atoms with E-state index in [-0.39, 0.29) is 4.90 Å². The van der Waals surface area contributed by atoms with Gasteiger partial charge in [0.25, 0.3) is 0 Å². The maximum atomic E-state index is 13.2. The fourth-order valence-corrected chi connectivity index (χ4v) is 6.85. The van der Waals surface area contributed by atoms with E-state index in [0.717, 1.165) is 24.7 Å². The average Bonchev–Trinajstić information content (AvgIpc) is 2.99. The van der Waals surface area contributed by atoms with Gasteiger partial charge in [0, 0.05) is 25.8 Å². The summed E-state index contributed by atoms with van der Waals surface area (Å²) in [6.45, 7) is 6.50. The molecule has 3 unspecified atom stereocenters. The first-order valence-corrected chi connectivity index (χ1v) is 13.9. The van der Waals surface area contributed by atoms with Crippen molar-refractivity contribution in [1.82, 2.24) is 5.32 Å². The van der Waals surface area contributed by atoms with E-state index in [2.05, 4.69) is 17.1 Å². The molecule has 2 aromatic carbocycles. The second-order valence-electron chi connectivity index (χ2n) is 9.28. The molecule has 0 amide bonds. The molecule has 0 radical (unpaired) electrons. The van der Waals surface area contributed by atoms with E-state index >= 15 is 0 Å². The Kier molecular flexibility index (Phi) is 8.04. The standard InChI is InChI=1S/C20H23FN2O2S.C6H13N/c1-2-22(20-12-9-16-13-14-23(16)20)18-5-3-4-6-19(18)26(24,25)17-10-7-15(21)8-11-17;1-2-4-6-7-5-3-1/h3-8,10-11,16,20H,2,9,12-14H2,1H3;7H,1-6H2/p+1. The Morgan fingerprint density at radius 2 is 1.67 bits per heavy atom. The predicted octanol–water partition coefficient (Wildman–Crippen LogP) is 3.41. The molecule has 0 aromatic heterocycles. The molecule has 0 bridgehead atoms. The first-order valence-electron chi connectivity index (χ1n) is 12.4. The quantitative estimate of drug-likeness (QED) is 0.652. The maximum Gasteiger partial charge on any atom is 0.208 e. The van der Waals surface area contributed by atoms with Crippen molar-refractivity contribution in [3.05, 3.63) is 54.3 Å². The van der Waals surface area contributed by atoms with Crippen LogP contribution in [-0.4, -0.2) is 46.8 Å². The van der Waals surface area contributed by atoms with Crippen LogP contribution in [0, 0.1) is 5.82 Å². The number of fused-ring (bicyclic) bond motifs is 1. The highest BCUT2D eigenvalue weighted by Crippen LogP contribution is 2.32. The summed E-state index contributed by atoms with van der Waals surface area (Å²) in [4.78, 5) is 4.26. The normalized spacial score (nSPS) is 24.6. The van der Waals surface area contributed by atoms with E-state index in [1.165, 1.54) is 82.4 Å². The van der Waals surface area contributed by atoms with Crippen molar-refractivity contribution in [3.8, 4) is 0 Å². The number of quaternary nitrogens is 1. The SMILES string of the molecule is C1CCCNCC1.CCN(c1ccccc1S(=O)(=O)c1ccc(F)cc1)C1CCC2CC[NH+]21. The zero-order chi connectivity index (χ0) is 23.3. The highest BCUT2D eigenvalue weighted by molar-refractivity contribution is 7.91. The fraction of sp³-hybridized carbons (Fsp3) is 0.538. The van der Waals surface area contributed by atoms with Gasteiger partial charge in [-0.25, -0.2) is 12.8 Å². The lowest BCUT2D eigenvalue weighted by atomic mass is 10.1. The van der Waals surface area contributed by atoms with Gasteiger partial charge in [-0.1, -0.05) is 25.0 Å². The molecule has 33 heavy (non-hydrogen) atoms. The Morgan fingerprint density at radius 3 is 2.27 bits per heavy atom. The second kappa shape index (κ2) is 11.0. The van der Waals surface area contributed by atoms with Crippen LogP contribution in [-0.2, 0) is 9.84 Å². The number of rotatable bonds is 5. The zero-order valence-corrected chi connectivity index (χ0v) is 20.4. The average molecular weight is 475 g/mol. The van der Waals surface area contributed by atoms with E-state index in [0.29, 0.717) is 11.1 Å². The summed E-state index contributed by atoms with van der Waals surface area (Å²) < 4.78 is 39.6. The lowest BCUT2D eigenvalue weighted by Crippen LogP contribution is -3.24. The van der Waals surface area contributed by atoms with E-state index in [9.17, 15) is 12.8 Å². The first kappa shape index (κ1) is 24.2. The van der Waals surface area contributed by atoms with E-state index in [1.807, 2.05) is 12.1 Å². The molecule has 3 heterocycles. The number of sulfone groups is 1. The third-order valence-corrected chi connectivity index (χ3v) is 9.10. The molecule has 180 valence electrons. The Labute approximate surface area is 197 Å². The summed E-state index contributed by atoms with van der Waals surface area (Å²) in [5.74, 6) is -0.439. The summed E-state index contributed by atoms with van der Waals surface area (Å²) in [5.41, 5.74) is 0.754. The van der Waals surface area contributed by atoms with Crippen molar-refractivity contribution in [1.29, 1.82) is 0 Å². The third kappa shape index (κ3) is 5.42. The number of hydrogen-bond acceptors (Lipinski definition) is 4. The Bertz CT molecular complexity index is 993. The minimum Gasteiger partial charge on any atom is -0.322 e. The van der Waals surface area contributed by atoms with Crippen LogP contribution >= 0.6 is 0 Å². The van der Waals surface area contributed by atoms with E-state index in [1.54, 1.807) is 17.0 Å². The van der Waals surface area contributed by atoms with Gasteiger partial charge in [-0.05, 0) is 69.3 Å². The Balaban J connectivity index is 0.000000318. The molecular formula is C26H37FN3O2S+. The molecule has 5 rings (SSSR count). The lowest BCUT2D eigenvalue weighted by Gasteiger charge is -2.41. The van der Waals surface area contributed by atoms with Crippen molar-refractivity contribution in [3.63, 3.8) is 0 Å². The van der Waals surface area contributed by atoms with Gasteiger partial charge in [0.1, 0.15) is 5.82 Å². The largest absolute Gasteiger partial charge is 0.322 e. The minimum atomic E-state index is -3.70. The molecule has 3 fully saturated rings. The van der Waals surface area contributed by atoms with Crippen molar-refractivity contribution in [2.45, 2.75) is 73.9 Å². The number of nitrogens with one attached hydrogen (secondary N) is 2. The molecule has 0 spiro atoms. The number of nitrogens with zero attached hydrogens (tertiary/aromatic N) is 1. The van der Waals surface area contributed by atoms with Crippen LogP contribution in [0.2, 0.25) is 0 Å². The van der Waals surface area contributed by atoms with Crippen LogP contribution in [0.15, 0.2) is 58.3 Å². The molecule has 3 saturated heterocycles. The smallest absolute Gasteiger partial charge is 0.208 e. The molecule has 2 aromatic rings. The van der Waals surface area contributed by atoms with Crippen LogP contribution in [0.25, 0.3) is 0 Å². The number of anilines is 1. The van der Waals surface area contributed by atoms with Gasteiger partial charge in [-0.3, -0.25) is 0 Å². The van der Waals surface area contributed by atoms with E-state index in [4.69, 9.17) is 0 Å². The van der Waals surface area contributed by atoms with Crippen LogP contribution in [0.1, 0.15) is 51.9 Å². The summed E-state index contributed by atoms with van der Waals surface area (Å²) in [6, 6.07) is 13.0. The summed E-state index contributed by atoms with van der Waals surface area (Å²) in [6.07, 6.45) is 9.57. The van der Waals surface area contributed by atoms with Crippen LogP contribution in [0.5, 0.6) is 0 Å². The maximum absolute atomic E-state index is 13.2. The highest BCUT2D eigenvalue weighted by atomic mass is 32.2. The zero-order valence-electron chi connectivity index (χ0n) is 19.6. The van der Waals surface area contributed by atoms with Crippen molar-refractivity contribution in [2.75, 3.05) is 31.1 Å². The fourth-order valence-electron chi connectivity index (χ4n) is 5.38. The molecule has 3 aliphatic rings. The molecule has 7 heteroatoms. The Morgan fingerprint density at radius 1 is 0.970 bits per heavy atom. The topological polar surface area (TPSA) is 53.9 Å². The summed E-state index contributed by atoms with van der Waals surface area (Å²) in [5, 5.41) is 3.35. The van der Waals surface area contributed by atoms with Gasteiger partial charge in [0.2, 0.25) is 9.84 Å². The molecule has 0 saturated carbocycles. The molecule has 0 aliphatic carbocycles. The monoisotopic (exact) mass is 474 g/mol. The highest BCUT2D eigenvalue weighted by Gasteiger charge is 2.47. The van der Waals surface area contributed by atoms with Gasteiger partial charge < -0.3 is 15.1 Å². The van der Waals surface area contributed by atoms with Crippen LogP contribution in [0.3, 0.4) is 0 Å². The molecule has 2 N–H and O–H groups in total. The predicted molar refractivity (Wildman–Crippen MR) is 130 cm³/mol. The van der Waals surface area contributed by atoms with Gasteiger partial charge in [-0.2, -0.15) is 0 Å². The second-order valence-corrected chi connectivity index (χ2v) is 11.2. The number of halogens is 1. The number of para-hydroxylation sites is 1. The molecular weight excluding hydrogens is 437 g/mol. The number of hydrogen-bond donors (Lipinski definition) is 2. The van der Waals surface area contributed by atoms with Crippen molar-refractivity contribution < 1.29 is 17.7 Å².